The molecule has 2 rings (SSSR count). The number of nitrogens with zero attached hydrogens (tertiary/aromatic N) is 2. The van der Waals surface area contributed by atoms with Gasteiger partial charge in [0.25, 0.3) is 5.91 Å². The molecule has 1 aliphatic heterocycles. The number of carboxylic acids is 1. The van der Waals surface area contributed by atoms with E-state index in [0.717, 1.165) is 43.7 Å². The molecule has 2 heterocycles. The molecule has 0 saturated carbocycles. The van der Waals surface area contributed by atoms with Crippen molar-refractivity contribution in [2.24, 2.45) is 0 Å². The van der Waals surface area contributed by atoms with Gasteiger partial charge in [0.2, 0.25) is 5.91 Å². The number of thiazole rings is 1. The summed E-state index contributed by atoms with van der Waals surface area (Å²) in [5.74, 6) is -1.56. The fraction of sp³-hybridized carbons (Fsp3) is 0.538. The lowest BCUT2D eigenvalue weighted by Gasteiger charge is -2.26. The minimum atomic E-state index is -1.16. The van der Waals surface area contributed by atoms with Gasteiger partial charge in [-0.2, -0.15) is 0 Å². The van der Waals surface area contributed by atoms with Gasteiger partial charge < -0.3 is 15.3 Å². The van der Waals surface area contributed by atoms with Crippen LogP contribution in [0.15, 0.2) is 5.38 Å². The number of likely N-dealkylation sites (tertiary alicyclic amines) is 1. The van der Waals surface area contributed by atoms with Crippen LogP contribution in [0.4, 0.5) is 0 Å². The van der Waals surface area contributed by atoms with Crippen molar-refractivity contribution < 1.29 is 19.5 Å². The van der Waals surface area contributed by atoms with E-state index >= 15 is 0 Å². The molecule has 1 aromatic rings. The first-order valence-corrected chi connectivity index (χ1v) is 7.70. The zero-order valence-electron chi connectivity index (χ0n) is 11.5. The zero-order valence-corrected chi connectivity index (χ0v) is 12.3. The largest absolute Gasteiger partial charge is 0.476 e. The lowest BCUT2D eigenvalue weighted by molar-refractivity contribution is -0.131. The van der Waals surface area contributed by atoms with E-state index in [1.807, 2.05) is 4.90 Å². The summed E-state index contributed by atoms with van der Waals surface area (Å²) >= 11 is 0.974. The number of amides is 2. The molecule has 0 aromatic carbocycles. The first-order valence-electron chi connectivity index (χ1n) is 6.82. The van der Waals surface area contributed by atoms with Crippen LogP contribution in [0.1, 0.15) is 46.0 Å². The molecule has 114 valence electrons. The van der Waals surface area contributed by atoms with Gasteiger partial charge in [0, 0.05) is 31.4 Å². The Morgan fingerprint density at radius 2 is 2.00 bits per heavy atom. The Hall–Kier alpha value is -1.96. The molecule has 0 unspecified atom stereocenters. The second-order valence-corrected chi connectivity index (χ2v) is 5.65. The van der Waals surface area contributed by atoms with Crippen LogP contribution in [0, 0.1) is 0 Å². The third kappa shape index (κ3) is 4.25. The number of carboxylic acid groups (broad SMARTS) is 1. The summed E-state index contributed by atoms with van der Waals surface area (Å²) in [5, 5.41) is 12.7. The molecular weight excluding hydrogens is 294 g/mol. The minimum absolute atomic E-state index is 0.0420. The van der Waals surface area contributed by atoms with Crippen molar-refractivity contribution in [3.05, 3.63) is 16.1 Å². The lowest BCUT2D eigenvalue weighted by Crippen LogP contribution is -2.37. The normalized spacial score (nSPS) is 14.8. The molecule has 1 aliphatic rings. The van der Waals surface area contributed by atoms with Crippen molar-refractivity contribution in [3.8, 4) is 0 Å². The van der Waals surface area contributed by atoms with Crippen LogP contribution in [0.25, 0.3) is 0 Å². The number of carbonyl (C=O) groups excluding carboxylic acids is 2. The van der Waals surface area contributed by atoms with E-state index < -0.39 is 11.9 Å². The molecule has 1 fully saturated rings. The summed E-state index contributed by atoms with van der Waals surface area (Å²) in [5.41, 5.74) is -0.144. The Kier molecular flexibility index (Phi) is 5.26. The summed E-state index contributed by atoms with van der Waals surface area (Å²) in [7, 11) is 0. The summed E-state index contributed by atoms with van der Waals surface area (Å²) in [6.07, 6.45) is 3.49. The van der Waals surface area contributed by atoms with Crippen molar-refractivity contribution in [3.63, 3.8) is 0 Å². The Morgan fingerprint density at radius 1 is 1.29 bits per heavy atom. The van der Waals surface area contributed by atoms with E-state index in [0.29, 0.717) is 0 Å². The van der Waals surface area contributed by atoms with E-state index in [2.05, 4.69) is 10.3 Å². The SMILES string of the molecule is O=C(O)c1csc(C(=O)NCCC(=O)N2CCCCC2)n1. The minimum Gasteiger partial charge on any atom is -0.476 e. The monoisotopic (exact) mass is 311 g/mol. The Bertz CT molecular complexity index is 537. The number of piperidine rings is 1. The van der Waals surface area contributed by atoms with E-state index in [-0.39, 0.29) is 29.6 Å². The van der Waals surface area contributed by atoms with Gasteiger partial charge in [-0.3, -0.25) is 9.59 Å². The Labute approximate surface area is 126 Å². The van der Waals surface area contributed by atoms with Crippen LogP contribution in [0.2, 0.25) is 0 Å². The maximum atomic E-state index is 11.9. The van der Waals surface area contributed by atoms with Crippen LogP contribution in [-0.4, -0.2) is 52.4 Å². The fourth-order valence-electron chi connectivity index (χ4n) is 2.14. The predicted molar refractivity (Wildman–Crippen MR) is 76.5 cm³/mol. The molecule has 2 N–H and O–H groups in total. The molecule has 1 aromatic heterocycles. The van der Waals surface area contributed by atoms with E-state index in [1.54, 1.807) is 0 Å². The number of aromatic carboxylic acids is 1. The van der Waals surface area contributed by atoms with Crippen molar-refractivity contribution in [1.82, 2.24) is 15.2 Å². The number of carbonyl (C=O) groups is 3. The van der Waals surface area contributed by atoms with Gasteiger partial charge in [0.05, 0.1) is 0 Å². The fourth-order valence-corrected chi connectivity index (χ4v) is 2.84. The summed E-state index contributed by atoms with van der Waals surface area (Å²) in [6, 6.07) is 0. The van der Waals surface area contributed by atoms with Gasteiger partial charge in [-0.25, -0.2) is 9.78 Å². The molecule has 0 atom stereocenters. The maximum absolute atomic E-state index is 11.9. The molecule has 0 bridgehead atoms. The molecule has 2 amide bonds. The maximum Gasteiger partial charge on any atom is 0.355 e. The third-order valence-corrected chi connectivity index (χ3v) is 4.09. The van der Waals surface area contributed by atoms with E-state index in [4.69, 9.17) is 5.11 Å². The second kappa shape index (κ2) is 7.16. The third-order valence-electron chi connectivity index (χ3n) is 3.25. The highest BCUT2D eigenvalue weighted by Crippen LogP contribution is 2.11. The average molecular weight is 311 g/mol. The van der Waals surface area contributed by atoms with Crippen LogP contribution < -0.4 is 5.32 Å². The number of hydrogen-bond donors (Lipinski definition) is 2. The Morgan fingerprint density at radius 3 is 2.62 bits per heavy atom. The van der Waals surface area contributed by atoms with Crippen LogP contribution >= 0.6 is 11.3 Å². The highest BCUT2D eigenvalue weighted by atomic mass is 32.1. The van der Waals surface area contributed by atoms with Gasteiger partial charge in [0.15, 0.2) is 10.7 Å². The molecule has 21 heavy (non-hydrogen) atoms. The molecule has 0 aliphatic carbocycles. The molecule has 8 heteroatoms. The van der Waals surface area contributed by atoms with Gasteiger partial charge in [-0.05, 0) is 19.3 Å². The van der Waals surface area contributed by atoms with Crippen LogP contribution in [0.3, 0.4) is 0 Å². The number of aromatic nitrogens is 1. The zero-order chi connectivity index (χ0) is 15.2. The standard InChI is InChI=1S/C13H17N3O4S/c17-10(16-6-2-1-3-7-16)4-5-14-11(18)12-15-9(8-21-12)13(19)20/h8H,1-7H2,(H,14,18)(H,19,20). The van der Waals surface area contributed by atoms with E-state index in [1.165, 1.54) is 5.38 Å². The topological polar surface area (TPSA) is 99.6 Å². The van der Waals surface area contributed by atoms with Crippen molar-refractivity contribution in [1.29, 1.82) is 0 Å². The van der Waals surface area contributed by atoms with Crippen molar-refractivity contribution >= 4 is 29.1 Å². The number of nitrogens with one attached hydrogen (secondary N) is 1. The molecule has 0 spiro atoms. The Balaban J connectivity index is 1.75. The first kappa shape index (κ1) is 15.4. The summed E-state index contributed by atoms with van der Waals surface area (Å²) in [4.78, 5) is 39.9. The highest BCUT2D eigenvalue weighted by molar-refractivity contribution is 7.11. The first-order chi connectivity index (χ1) is 10.1. The van der Waals surface area contributed by atoms with Gasteiger partial charge in [-0.15, -0.1) is 11.3 Å². The molecular formula is C13H17N3O4S. The van der Waals surface area contributed by atoms with Gasteiger partial charge in [0.1, 0.15) is 0 Å². The lowest BCUT2D eigenvalue weighted by atomic mass is 10.1. The van der Waals surface area contributed by atoms with Crippen LogP contribution in [0.5, 0.6) is 0 Å². The quantitative estimate of drug-likeness (QED) is 0.844. The number of rotatable bonds is 5. The van der Waals surface area contributed by atoms with Crippen molar-refractivity contribution in [2.75, 3.05) is 19.6 Å². The summed E-state index contributed by atoms with van der Waals surface area (Å²) in [6.45, 7) is 1.82. The molecule has 0 radical (unpaired) electrons. The number of hydrogen-bond acceptors (Lipinski definition) is 5. The van der Waals surface area contributed by atoms with Gasteiger partial charge in [-0.1, -0.05) is 0 Å². The van der Waals surface area contributed by atoms with E-state index in [9.17, 15) is 14.4 Å². The predicted octanol–water partition coefficient (Wildman–Crippen LogP) is 0.974. The molecule has 7 nitrogen and oxygen atoms in total. The van der Waals surface area contributed by atoms with Crippen molar-refractivity contribution in [2.45, 2.75) is 25.7 Å². The average Bonchev–Trinajstić information content (AvgIpc) is 2.98. The van der Waals surface area contributed by atoms with Gasteiger partial charge >= 0.3 is 5.97 Å². The summed E-state index contributed by atoms with van der Waals surface area (Å²) < 4.78 is 0. The highest BCUT2D eigenvalue weighted by Gasteiger charge is 2.17. The van der Waals surface area contributed by atoms with Crippen LogP contribution in [-0.2, 0) is 4.79 Å². The smallest absolute Gasteiger partial charge is 0.355 e. The second-order valence-electron chi connectivity index (χ2n) is 4.79. The molecule has 1 saturated heterocycles.